The number of rotatable bonds is 4. The number of aliphatic carboxylic acids is 1. The first-order valence-electron chi connectivity index (χ1n) is 4.76. The van der Waals surface area contributed by atoms with Crippen molar-refractivity contribution in [3.05, 3.63) is 16.4 Å². The molecule has 0 radical (unpaired) electrons. The van der Waals surface area contributed by atoms with Crippen LogP contribution in [0, 0.1) is 0 Å². The van der Waals surface area contributed by atoms with E-state index in [1.54, 1.807) is 0 Å². The molecule has 1 aromatic rings. The molecular weight excluding hydrogens is 242 g/mol. The fourth-order valence-corrected chi connectivity index (χ4v) is 1.98. The summed E-state index contributed by atoms with van der Waals surface area (Å²) in [6.07, 6.45) is -1.10. The van der Waals surface area contributed by atoms with Crippen LogP contribution < -0.4 is 0 Å². The lowest BCUT2D eigenvalue weighted by Gasteiger charge is -2.02. The van der Waals surface area contributed by atoms with E-state index in [0.29, 0.717) is 5.69 Å². The number of hydrogen-bond acceptors (Lipinski definition) is 2. The van der Waals surface area contributed by atoms with Crippen molar-refractivity contribution in [2.75, 3.05) is 0 Å². The van der Waals surface area contributed by atoms with E-state index in [1.807, 2.05) is 0 Å². The minimum atomic E-state index is -2.78. The van der Waals surface area contributed by atoms with Gasteiger partial charge in [0.2, 0.25) is 0 Å². The quantitative estimate of drug-likeness (QED) is 0.893. The van der Waals surface area contributed by atoms with E-state index < -0.39 is 24.6 Å². The van der Waals surface area contributed by atoms with Crippen molar-refractivity contribution in [1.82, 2.24) is 9.78 Å². The molecule has 2 rings (SSSR count). The second-order valence-electron chi connectivity index (χ2n) is 3.71. The molecular formula is C9H9ClF2N2O2. The van der Waals surface area contributed by atoms with E-state index in [1.165, 1.54) is 0 Å². The molecule has 1 saturated carbocycles. The van der Waals surface area contributed by atoms with Crippen LogP contribution in [0.5, 0.6) is 0 Å². The molecule has 0 amide bonds. The van der Waals surface area contributed by atoms with Gasteiger partial charge in [-0.05, 0) is 12.8 Å². The van der Waals surface area contributed by atoms with Gasteiger partial charge in [0.15, 0.2) is 0 Å². The highest BCUT2D eigenvalue weighted by molar-refractivity contribution is 6.32. The molecule has 0 unspecified atom stereocenters. The maximum atomic E-state index is 12.5. The minimum Gasteiger partial charge on any atom is -0.480 e. The lowest BCUT2D eigenvalue weighted by atomic mass is 10.2. The fourth-order valence-electron chi connectivity index (χ4n) is 1.61. The zero-order valence-electron chi connectivity index (χ0n) is 8.16. The van der Waals surface area contributed by atoms with Gasteiger partial charge in [0.25, 0.3) is 6.43 Å². The summed E-state index contributed by atoms with van der Waals surface area (Å²) in [5.41, 5.74) is -0.0933. The second kappa shape index (κ2) is 4.01. The number of carbonyl (C=O) groups is 1. The number of carboxylic acids is 1. The van der Waals surface area contributed by atoms with Crippen LogP contribution in [-0.2, 0) is 11.3 Å². The Kier molecular flexibility index (Phi) is 2.84. The lowest BCUT2D eigenvalue weighted by Crippen LogP contribution is -2.12. The summed E-state index contributed by atoms with van der Waals surface area (Å²) in [6, 6.07) is 0. The zero-order chi connectivity index (χ0) is 11.9. The topological polar surface area (TPSA) is 55.1 Å². The Balaban J connectivity index is 2.41. The highest BCUT2D eigenvalue weighted by Crippen LogP contribution is 2.45. The number of aromatic nitrogens is 2. The third-order valence-electron chi connectivity index (χ3n) is 2.41. The average molecular weight is 251 g/mol. The van der Waals surface area contributed by atoms with E-state index >= 15 is 0 Å². The van der Waals surface area contributed by atoms with Gasteiger partial charge in [-0.3, -0.25) is 9.48 Å². The monoisotopic (exact) mass is 250 g/mol. The van der Waals surface area contributed by atoms with Gasteiger partial charge in [0.1, 0.15) is 12.2 Å². The summed E-state index contributed by atoms with van der Waals surface area (Å²) in [6.45, 7) is -0.432. The fraction of sp³-hybridized carbons (Fsp3) is 0.556. The van der Waals surface area contributed by atoms with Crippen LogP contribution >= 0.6 is 11.6 Å². The zero-order valence-corrected chi connectivity index (χ0v) is 8.92. The second-order valence-corrected chi connectivity index (χ2v) is 4.09. The van der Waals surface area contributed by atoms with Crippen molar-refractivity contribution in [2.45, 2.75) is 31.7 Å². The normalized spacial score (nSPS) is 15.8. The van der Waals surface area contributed by atoms with Gasteiger partial charge in [0.05, 0.1) is 10.7 Å². The summed E-state index contributed by atoms with van der Waals surface area (Å²) in [5, 5.41) is 12.1. The summed E-state index contributed by atoms with van der Waals surface area (Å²) >= 11 is 5.79. The molecule has 0 spiro atoms. The van der Waals surface area contributed by atoms with E-state index in [-0.39, 0.29) is 10.9 Å². The molecule has 0 aromatic carbocycles. The predicted octanol–water partition coefficient (Wildman–Crippen LogP) is 2.44. The Morgan fingerprint density at radius 3 is 2.69 bits per heavy atom. The molecule has 0 saturated heterocycles. The molecule has 88 valence electrons. The van der Waals surface area contributed by atoms with E-state index in [4.69, 9.17) is 16.7 Å². The highest BCUT2D eigenvalue weighted by atomic mass is 35.5. The molecule has 1 aliphatic carbocycles. The molecule has 4 nitrogen and oxygen atoms in total. The maximum absolute atomic E-state index is 12.5. The van der Waals surface area contributed by atoms with Crippen LogP contribution in [-0.4, -0.2) is 20.9 Å². The van der Waals surface area contributed by atoms with Gasteiger partial charge in [-0.2, -0.15) is 5.10 Å². The van der Waals surface area contributed by atoms with Crippen LogP contribution in [0.25, 0.3) is 0 Å². The third kappa shape index (κ3) is 2.02. The van der Waals surface area contributed by atoms with Crippen LogP contribution in [0.4, 0.5) is 8.78 Å². The number of alkyl halides is 2. The largest absolute Gasteiger partial charge is 0.480 e. The molecule has 0 atom stereocenters. The molecule has 1 aromatic heterocycles. The summed E-state index contributed by atoms with van der Waals surface area (Å²) < 4.78 is 26.1. The minimum absolute atomic E-state index is 0.0758. The Morgan fingerprint density at radius 2 is 2.25 bits per heavy atom. The van der Waals surface area contributed by atoms with Gasteiger partial charge >= 0.3 is 5.97 Å². The van der Waals surface area contributed by atoms with Crippen molar-refractivity contribution < 1.29 is 18.7 Å². The van der Waals surface area contributed by atoms with Crippen molar-refractivity contribution in [3.63, 3.8) is 0 Å². The number of nitrogens with zero attached hydrogens (tertiary/aromatic N) is 2. The van der Waals surface area contributed by atoms with Crippen LogP contribution in [0.3, 0.4) is 0 Å². The number of hydrogen-bond donors (Lipinski definition) is 1. The number of halogens is 3. The Labute approximate surface area is 94.8 Å². The highest BCUT2D eigenvalue weighted by Gasteiger charge is 2.34. The molecule has 1 N–H and O–H groups in total. The third-order valence-corrected chi connectivity index (χ3v) is 2.80. The maximum Gasteiger partial charge on any atom is 0.325 e. The summed E-state index contributed by atoms with van der Waals surface area (Å²) in [4.78, 5) is 10.6. The first-order chi connectivity index (χ1) is 7.50. The van der Waals surface area contributed by atoms with Gasteiger partial charge in [-0.15, -0.1) is 0 Å². The first kappa shape index (κ1) is 11.3. The smallest absolute Gasteiger partial charge is 0.325 e. The van der Waals surface area contributed by atoms with Crippen molar-refractivity contribution in [3.8, 4) is 0 Å². The van der Waals surface area contributed by atoms with Crippen molar-refractivity contribution in [1.29, 1.82) is 0 Å². The molecule has 7 heteroatoms. The van der Waals surface area contributed by atoms with E-state index in [9.17, 15) is 13.6 Å². The van der Waals surface area contributed by atoms with Crippen LogP contribution in [0.2, 0.25) is 5.02 Å². The van der Waals surface area contributed by atoms with Gasteiger partial charge in [-0.25, -0.2) is 8.78 Å². The lowest BCUT2D eigenvalue weighted by molar-refractivity contribution is -0.137. The average Bonchev–Trinajstić information content (AvgIpc) is 2.92. The van der Waals surface area contributed by atoms with Gasteiger partial charge in [-0.1, -0.05) is 11.6 Å². The van der Waals surface area contributed by atoms with Crippen LogP contribution in [0.1, 0.15) is 36.6 Å². The van der Waals surface area contributed by atoms with Crippen molar-refractivity contribution in [2.24, 2.45) is 0 Å². The first-order valence-corrected chi connectivity index (χ1v) is 5.14. The van der Waals surface area contributed by atoms with Gasteiger partial charge < -0.3 is 5.11 Å². The Morgan fingerprint density at radius 1 is 1.62 bits per heavy atom. The van der Waals surface area contributed by atoms with Gasteiger partial charge in [0, 0.05) is 5.92 Å². The predicted molar refractivity (Wildman–Crippen MR) is 51.8 cm³/mol. The van der Waals surface area contributed by atoms with Crippen molar-refractivity contribution >= 4 is 17.6 Å². The SMILES string of the molecule is O=C(O)Cn1nc(C(F)F)c(Cl)c1C1CC1. The summed E-state index contributed by atoms with van der Waals surface area (Å²) in [7, 11) is 0. The Bertz CT molecular complexity index is 429. The molecule has 16 heavy (non-hydrogen) atoms. The standard InChI is InChI=1S/C9H9ClF2N2O2/c10-6-7(9(11)12)13-14(3-5(15)16)8(6)4-1-2-4/h4,9H,1-3H2,(H,15,16). The number of carboxylic acid groups (broad SMARTS) is 1. The molecule has 1 fully saturated rings. The molecule has 0 bridgehead atoms. The van der Waals surface area contributed by atoms with E-state index in [0.717, 1.165) is 17.5 Å². The summed E-state index contributed by atoms with van der Waals surface area (Å²) in [5.74, 6) is -1.05. The Hall–Kier alpha value is -1.17. The molecule has 1 aliphatic rings. The van der Waals surface area contributed by atoms with Crippen LogP contribution in [0.15, 0.2) is 0 Å². The molecule has 1 heterocycles. The van der Waals surface area contributed by atoms with E-state index in [2.05, 4.69) is 5.10 Å². The molecule has 0 aliphatic heterocycles.